The summed E-state index contributed by atoms with van der Waals surface area (Å²) in [6.07, 6.45) is -3.67. The van der Waals surface area contributed by atoms with Crippen LogP contribution in [0.2, 0.25) is 0 Å². The van der Waals surface area contributed by atoms with Gasteiger partial charge >= 0.3 is 12.1 Å². The van der Waals surface area contributed by atoms with Gasteiger partial charge in [0.25, 0.3) is 11.5 Å². The number of carboxylic acid groups (broad SMARTS) is 1. The second-order valence-corrected chi connectivity index (χ2v) is 8.04. The maximum Gasteiger partial charge on any atom is 0.421 e. The average molecular weight is 472 g/mol. The van der Waals surface area contributed by atoms with Crippen molar-refractivity contribution in [3.8, 4) is 11.1 Å². The SMILES string of the molecule is C[C@H](CC(Cc1ccc(-c2ccccc2)cc1)NC(=O)c1c[nH]c(=O)c(C(F)(F)F)c1)C(=O)O. The minimum Gasteiger partial charge on any atom is -0.481 e. The van der Waals surface area contributed by atoms with E-state index in [0.717, 1.165) is 22.9 Å². The van der Waals surface area contributed by atoms with E-state index in [0.29, 0.717) is 6.07 Å². The van der Waals surface area contributed by atoms with Crippen molar-refractivity contribution in [2.45, 2.75) is 32.0 Å². The summed E-state index contributed by atoms with van der Waals surface area (Å²) in [7, 11) is 0. The Kier molecular flexibility index (Phi) is 7.55. The van der Waals surface area contributed by atoms with Gasteiger partial charge < -0.3 is 15.4 Å². The Morgan fingerprint density at radius 1 is 1.03 bits per heavy atom. The predicted molar refractivity (Wildman–Crippen MR) is 120 cm³/mol. The molecule has 3 N–H and O–H groups in total. The molecule has 0 aliphatic carbocycles. The average Bonchev–Trinajstić information content (AvgIpc) is 2.79. The largest absolute Gasteiger partial charge is 0.481 e. The monoisotopic (exact) mass is 472 g/mol. The molecule has 1 heterocycles. The number of hydrogen-bond acceptors (Lipinski definition) is 3. The van der Waals surface area contributed by atoms with E-state index >= 15 is 0 Å². The third kappa shape index (κ3) is 6.34. The van der Waals surface area contributed by atoms with Crippen molar-refractivity contribution in [2.24, 2.45) is 5.92 Å². The van der Waals surface area contributed by atoms with E-state index in [1.165, 1.54) is 6.92 Å². The molecule has 0 aliphatic heterocycles. The summed E-state index contributed by atoms with van der Waals surface area (Å²) in [4.78, 5) is 37.4. The summed E-state index contributed by atoms with van der Waals surface area (Å²) in [6.45, 7) is 1.49. The van der Waals surface area contributed by atoms with Gasteiger partial charge in [-0.25, -0.2) is 0 Å². The Balaban J connectivity index is 1.80. The van der Waals surface area contributed by atoms with Gasteiger partial charge in [0.15, 0.2) is 0 Å². The zero-order chi connectivity index (χ0) is 24.9. The van der Waals surface area contributed by atoms with Crippen LogP contribution in [0.15, 0.2) is 71.7 Å². The number of aromatic amines is 1. The molecule has 34 heavy (non-hydrogen) atoms. The van der Waals surface area contributed by atoms with Crippen LogP contribution < -0.4 is 10.9 Å². The summed E-state index contributed by atoms with van der Waals surface area (Å²) in [5.74, 6) is -2.69. The number of carboxylic acids is 1. The van der Waals surface area contributed by atoms with Gasteiger partial charge in [-0.1, -0.05) is 61.5 Å². The molecule has 6 nitrogen and oxygen atoms in total. The van der Waals surface area contributed by atoms with E-state index in [2.05, 4.69) is 5.32 Å². The zero-order valence-corrected chi connectivity index (χ0v) is 18.2. The summed E-state index contributed by atoms with van der Waals surface area (Å²) < 4.78 is 39.1. The maximum atomic E-state index is 13.0. The van der Waals surface area contributed by atoms with Gasteiger partial charge in [0.1, 0.15) is 5.56 Å². The first kappa shape index (κ1) is 24.8. The highest BCUT2D eigenvalue weighted by molar-refractivity contribution is 5.94. The molecular formula is C25H23F3N2O4. The molecule has 1 unspecified atom stereocenters. The maximum absolute atomic E-state index is 13.0. The first-order chi connectivity index (χ1) is 16.0. The predicted octanol–water partition coefficient (Wildman–Crippen LogP) is 4.51. The molecule has 1 amide bonds. The number of aromatic nitrogens is 1. The summed E-state index contributed by atoms with van der Waals surface area (Å²) in [5, 5.41) is 11.9. The molecule has 3 aromatic rings. The first-order valence-electron chi connectivity index (χ1n) is 10.5. The number of amides is 1. The van der Waals surface area contributed by atoms with E-state index < -0.39 is 41.1 Å². The zero-order valence-electron chi connectivity index (χ0n) is 18.2. The third-order valence-corrected chi connectivity index (χ3v) is 5.41. The molecule has 0 saturated heterocycles. The standard InChI is InChI=1S/C25H23F3N2O4/c1-15(24(33)34)11-20(12-16-7-9-18(10-8-16)17-5-3-2-4-6-17)30-22(31)19-13-21(25(26,27)28)23(32)29-14-19/h2-10,13-15,20H,11-12H2,1H3,(H,29,32)(H,30,31)(H,33,34)/t15-,20?/m1/s1. The second-order valence-electron chi connectivity index (χ2n) is 8.04. The van der Waals surface area contributed by atoms with Crippen LogP contribution in [0.5, 0.6) is 0 Å². The van der Waals surface area contributed by atoms with Crippen LogP contribution in [0.1, 0.15) is 34.8 Å². The Bertz CT molecular complexity index is 1210. The van der Waals surface area contributed by atoms with E-state index in [1.807, 2.05) is 59.6 Å². The van der Waals surface area contributed by atoms with Gasteiger partial charge in [0.2, 0.25) is 0 Å². The van der Waals surface area contributed by atoms with Gasteiger partial charge in [-0.05, 0) is 35.6 Å². The topological polar surface area (TPSA) is 99.3 Å². The molecule has 0 spiro atoms. The van der Waals surface area contributed by atoms with Gasteiger partial charge in [0, 0.05) is 12.2 Å². The quantitative estimate of drug-likeness (QED) is 0.449. The Hall–Kier alpha value is -3.88. The number of carbonyl (C=O) groups excluding carboxylic acids is 1. The van der Waals surface area contributed by atoms with Gasteiger partial charge in [-0.3, -0.25) is 14.4 Å². The number of benzene rings is 2. The minimum atomic E-state index is -4.92. The number of alkyl halides is 3. The Labute approximate surface area is 193 Å². The van der Waals surface area contributed by atoms with Crippen LogP contribution in [-0.4, -0.2) is 28.0 Å². The third-order valence-electron chi connectivity index (χ3n) is 5.41. The van der Waals surface area contributed by atoms with Crippen LogP contribution in [0, 0.1) is 5.92 Å². The highest BCUT2D eigenvalue weighted by Crippen LogP contribution is 2.27. The molecule has 0 bridgehead atoms. The number of H-pyrrole nitrogens is 1. The molecular weight excluding hydrogens is 449 g/mol. The van der Waals surface area contributed by atoms with Crippen LogP contribution in [0.3, 0.4) is 0 Å². The summed E-state index contributed by atoms with van der Waals surface area (Å²) >= 11 is 0. The normalized spacial score (nSPS) is 13.2. The van der Waals surface area contributed by atoms with Gasteiger partial charge in [-0.2, -0.15) is 13.2 Å². The number of hydrogen-bond donors (Lipinski definition) is 3. The Morgan fingerprint density at radius 3 is 2.24 bits per heavy atom. The lowest BCUT2D eigenvalue weighted by Gasteiger charge is -2.21. The number of pyridine rings is 1. The fourth-order valence-electron chi connectivity index (χ4n) is 3.56. The summed E-state index contributed by atoms with van der Waals surface area (Å²) in [6, 6.07) is 17.0. The molecule has 0 aliphatic rings. The summed E-state index contributed by atoms with van der Waals surface area (Å²) in [5.41, 5.74) is -0.376. The number of carbonyl (C=O) groups is 2. The highest BCUT2D eigenvalue weighted by atomic mass is 19.4. The van der Waals surface area contributed by atoms with Crippen LogP contribution in [-0.2, 0) is 17.4 Å². The van der Waals surface area contributed by atoms with Gasteiger partial charge in [0.05, 0.1) is 11.5 Å². The molecule has 0 radical (unpaired) electrons. The molecule has 2 atom stereocenters. The number of rotatable bonds is 8. The number of halogens is 3. The van der Waals surface area contributed by atoms with Gasteiger partial charge in [-0.15, -0.1) is 0 Å². The minimum absolute atomic E-state index is 0.0665. The lowest BCUT2D eigenvalue weighted by molar-refractivity contribution is -0.141. The van der Waals surface area contributed by atoms with Crippen molar-refractivity contribution in [3.05, 3.63) is 93.9 Å². The van der Waals surface area contributed by atoms with Crippen LogP contribution in [0.25, 0.3) is 11.1 Å². The molecule has 178 valence electrons. The van der Waals surface area contributed by atoms with E-state index in [-0.39, 0.29) is 18.4 Å². The van der Waals surface area contributed by atoms with E-state index in [1.54, 1.807) is 0 Å². The van der Waals surface area contributed by atoms with Crippen molar-refractivity contribution in [1.82, 2.24) is 10.3 Å². The van der Waals surface area contributed by atoms with Crippen molar-refractivity contribution in [1.29, 1.82) is 0 Å². The lowest BCUT2D eigenvalue weighted by atomic mass is 9.94. The molecule has 0 fully saturated rings. The fraction of sp³-hybridized carbons (Fsp3) is 0.240. The second kappa shape index (κ2) is 10.4. The molecule has 2 aromatic carbocycles. The van der Waals surface area contributed by atoms with Crippen LogP contribution >= 0.6 is 0 Å². The van der Waals surface area contributed by atoms with Crippen molar-refractivity contribution in [2.75, 3.05) is 0 Å². The van der Waals surface area contributed by atoms with E-state index in [4.69, 9.17) is 0 Å². The van der Waals surface area contributed by atoms with Crippen molar-refractivity contribution < 1.29 is 27.9 Å². The van der Waals surface area contributed by atoms with Crippen molar-refractivity contribution in [3.63, 3.8) is 0 Å². The Morgan fingerprint density at radius 2 is 1.65 bits per heavy atom. The molecule has 1 aromatic heterocycles. The lowest BCUT2D eigenvalue weighted by Crippen LogP contribution is -2.39. The smallest absolute Gasteiger partial charge is 0.421 e. The van der Waals surface area contributed by atoms with Crippen LogP contribution in [0.4, 0.5) is 13.2 Å². The fourth-order valence-corrected chi connectivity index (χ4v) is 3.56. The molecule has 9 heteroatoms. The van der Waals surface area contributed by atoms with Crippen molar-refractivity contribution >= 4 is 11.9 Å². The molecule has 0 saturated carbocycles. The highest BCUT2D eigenvalue weighted by Gasteiger charge is 2.34. The number of aliphatic carboxylic acids is 1. The molecule has 3 rings (SSSR count). The number of nitrogens with one attached hydrogen (secondary N) is 2. The van der Waals surface area contributed by atoms with E-state index in [9.17, 15) is 32.7 Å². The first-order valence-corrected chi connectivity index (χ1v) is 10.5.